The summed E-state index contributed by atoms with van der Waals surface area (Å²) >= 11 is 6.58. The second-order valence-corrected chi connectivity index (χ2v) is 4.87. The second kappa shape index (κ2) is 5.53. The number of rotatable bonds is 5. The van der Waals surface area contributed by atoms with Crippen molar-refractivity contribution < 1.29 is 0 Å². The van der Waals surface area contributed by atoms with Crippen LogP contribution in [0, 0.1) is 6.92 Å². The fourth-order valence-corrected chi connectivity index (χ4v) is 2.62. The van der Waals surface area contributed by atoms with Crippen LogP contribution in [0.2, 0.25) is 0 Å². The molecule has 15 heavy (non-hydrogen) atoms. The summed E-state index contributed by atoms with van der Waals surface area (Å²) in [6, 6.07) is 0. The predicted octanol–water partition coefficient (Wildman–Crippen LogP) is 1.93. The van der Waals surface area contributed by atoms with Crippen LogP contribution in [0.4, 0.5) is 0 Å². The van der Waals surface area contributed by atoms with E-state index in [-0.39, 0.29) is 0 Å². The quantitative estimate of drug-likeness (QED) is 0.802. The van der Waals surface area contributed by atoms with E-state index in [1.165, 1.54) is 0 Å². The number of thiocarbonyl (C=S) groups is 1. The molecule has 0 saturated heterocycles. The molecule has 0 radical (unpaired) electrons. The monoisotopic (exact) mass is 243 g/mol. The van der Waals surface area contributed by atoms with Crippen molar-refractivity contribution in [1.82, 2.24) is 9.88 Å². The van der Waals surface area contributed by atoms with Gasteiger partial charge in [-0.1, -0.05) is 26.1 Å². The summed E-state index contributed by atoms with van der Waals surface area (Å²) in [7, 11) is 0. The highest BCUT2D eigenvalue weighted by Gasteiger charge is 2.11. The molecule has 0 unspecified atom stereocenters. The zero-order valence-electron chi connectivity index (χ0n) is 9.41. The lowest BCUT2D eigenvalue weighted by molar-refractivity contribution is 0.295. The molecule has 0 aliphatic rings. The summed E-state index contributed by atoms with van der Waals surface area (Å²) in [5.41, 5.74) is 6.57. The maximum absolute atomic E-state index is 5.61. The van der Waals surface area contributed by atoms with Crippen LogP contribution in [0.25, 0.3) is 0 Å². The molecule has 1 aromatic rings. The Morgan fingerprint density at radius 2 is 2.07 bits per heavy atom. The summed E-state index contributed by atoms with van der Waals surface area (Å²) in [4.78, 5) is 8.20. The summed E-state index contributed by atoms with van der Waals surface area (Å²) in [6.45, 7) is 9.23. The van der Waals surface area contributed by atoms with Crippen LogP contribution in [0.5, 0.6) is 0 Å². The van der Waals surface area contributed by atoms with E-state index in [0.29, 0.717) is 4.99 Å². The number of aromatic nitrogens is 1. The van der Waals surface area contributed by atoms with Crippen molar-refractivity contribution in [2.75, 3.05) is 13.1 Å². The van der Waals surface area contributed by atoms with Crippen molar-refractivity contribution in [3.8, 4) is 0 Å². The number of hydrogen-bond donors (Lipinski definition) is 1. The third kappa shape index (κ3) is 3.22. The number of hydrogen-bond acceptors (Lipinski definition) is 4. The fourth-order valence-electron chi connectivity index (χ4n) is 1.39. The summed E-state index contributed by atoms with van der Waals surface area (Å²) in [5.74, 6) is 0. The van der Waals surface area contributed by atoms with Gasteiger partial charge in [-0.2, -0.15) is 0 Å². The third-order valence-corrected chi connectivity index (χ3v) is 3.83. The highest BCUT2D eigenvalue weighted by Crippen LogP contribution is 2.19. The average Bonchev–Trinajstić information content (AvgIpc) is 2.56. The van der Waals surface area contributed by atoms with Gasteiger partial charge in [0.15, 0.2) is 0 Å². The Balaban J connectivity index is 2.79. The predicted molar refractivity (Wildman–Crippen MR) is 69.4 cm³/mol. The van der Waals surface area contributed by atoms with Crippen LogP contribution in [0.3, 0.4) is 0 Å². The van der Waals surface area contributed by atoms with E-state index in [2.05, 4.69) is 23.7 Å². The van der Waals surface area contributed by atoms with Gasteiger partial charge in [0.2, 0.25) is 0 Å². The normalized spacial score (nSPS) is 10.9. The molecule has 5 heteroatoms. The molecule has 0 bridgehead atoms. The van der Waals surface area contributed by atoms with E-state index in [1.54, 1.807) is 11.3 Å². The molecule has 2 N–H and O–H groups in total. The molecule has 0 aliphatic heterocycles. The van der Waals surface area contributed by atoms with E-state index < -0.39 is 0 Å². The number of nitrogens with zero attached hydrogens (tertiary/aromatic N) is 2. The van der Waals surface area contributed by atoms with Crippen LogP contribution in [0.15, 0.2) is 0 Å². The van der Waals surface area contributed by atoms with Gasteiger partial charge < -0.3 is 5.73 Å². The highest BCUT2D eigenvalue weighted by atomic mass is 32.1. The van der Waals surface area contributed by atoms with Crippen LogP contribution >= 0.6 is 23.6 Å². The van der Waals surface area contributed by atoms with E-state index in [4.69, 9.17) is 18.0 Å². The first kappa shape index (κ1) is 12.5. The van der Waals surface area contributed by atoms with Crippen molar-refractivity contribution in [1.29, 1.82) is 0 Å². The number of thiazole rings is 1. The van der Waals surface area contributed by atoms with Crippen molar-refractivity contribution in [2.45, 2.75) is 27.3 Å². The van der Waals surface area contributed by atoms with Crippen LogP contribution in [-0.2, 0) is 6.54 Å². The molecule has 0 fully saturated rings. The molecule has 0 spiro atoms. The molecule has 0 aromatic carbocycles. The summed E-state index contributed by atoms with van der Waals surface area (Å²) in [6.07, 6.45) is 0. The maximum Gasteiger partial charge on any atom is 0.116 e. The largest absolute Gasteiger partial charge is 0.389 e. The average molecular weight is 243 g/mol. The van der Waals surface area contributed by atoms with Crippen molar-refractivity contribution in [3.05, 3.63) is 15.6 Å². The van der Waals surface area contributed by atoms with E-state index in [1.807, 2.05) is 6.92 Å². The molecule has 1 aromatic heterocycles. The topological polar surface area (TPSA) is 42.2 Å². The van der Waals surface area contributed by atoms with E-state index in [9.17, 15) is 0 Å². The van der Waals surface area contributed by atoms with Gasteiger partial charge in [-0.15, -0.1) is 11.3 Å². The van der Waals surface area contributed by atoms with E-state index >= 15 is 0 Å². The molecule has 1 rings (SSSR count). The Labute approximate surface area is 100 Å². The van der Waals surface area contributed by atoms with Gasteiger partial charge in [-0.25, -0.2) is 4.98 Å². The summed E-state index contributed by atoms with van der Waals surface area (Å²) in [5, 5.41) is 1.10. The second-order valence-electron chi connectivity index (χ2n) is 3.35. The molecule has 0 saturated carbocycles. The van der Waals surface area contributed by atoms with Crippen LogP contribution < -0.4 is 5.73 Å². The summed E-state index contributed by atoms with van der Waals surface area (Å²) < 4.78 is 0. The van der Waals surface area contributed by atoms with Crippen LogP contribution in [-0.4, -0.2) is 28.0 Å². The standard InChI is InChI=1S/C10H17N3S2/c1-4-13(5-2)6-8-12-7(3)9(15-8)10(11)14/h4-6H2,1-3H3,(H2,11,14). The number of nitrogens with two attached hydrogens (primary N) is 1. The zero-order chi connectivity index (χ0) is 11.4. The Bertz CT molecular complexity index is 342. The van der Waals surface area contributed by atoms with Gasteiger partial charge in [0.05, 0.1) is 17.1 Å². The Kier molecular flexibility index (Phi) is 4.63. The van der Waals surface area contributed by atoms with Crippen LogP contribution in [0.1, 0.15) is 29.4 Å². The molecular formula is C10H17N3S2. The maximum atomic E-state index is 5.61. The molecule has 84 valence electrons. The number of aryl methyl sites for hydroxylation is 1. The molecule has 0 aliphatic carbocycles. The molecule has 1 heterocycles. The molecular weight excluding hydrogens is 226 g/mol. The minimum atomic E-state index is 0.454. The lowest BCUT2D eigenvalue weighted by Gasteiger charge is -2.15. The lowest BCUT2D eigenvalue weighted by atomic mass is 10.4. The minimum absolute atomic E-state index is 0.454. The Hall–Kier alpha value is -0.520. The minimum Gasteiger partial charge on any atom is -0.389 e. The van der Waals surface area contributed by atoms with Gasteiger partial charge in [-0.3, -0.25) is 4.90 Å². The first-order chi connectivity index (χ1) is 7.08. The Morgan fingerprint density at radius 1 is 1.47 bits per heavy atom. The molecule has 0 amide bonds. The Morgan fingerprint density at radius 3 is 2.47 bits per heavy atom. The van der Waals surface area contributed by atoms with Crippen molar-refractivity contribution in [2.24, 2.45) is 5.73 Å². The molecule has 3 nitrogen and oxygen atoms in total. The van der Waals surface area contributed by atoms with Gasteiger partial charge in [0.1, 0.15) is 10.00 Å². The first-order valence-electron chi connectivity index (χ1n) is 5.06. The van der Waals surface area contributed by atoms with Gasteiger partial charge >= 0.3 is 0 Å². The lowest BCUT2D eigenvalue weighted by Crippen LogP contribution is -2.21. The van der Waals surface area contributed by atoms with Gasteiger partial charge in [0, 0.05) is 0 Å². The molecule has 0 atom stereocenters. The van der Waals surface area contributed by atoms with Crippen molar-refractivity contribution in [3.63, 3.8) is 0 Å². The third-order valence-electron chi connectivity index (χ3n) is 2.32. The SMILES string of the molecule is CCN(CC)Cc1nc(C)c(C(N)=S)s1. The fraction of sp³-hybridized carbons (Fsp3) is 0.600. The van der Waals surface area contributed by atoms with E-state index in [0.717, 1.165) is 35.2 Å². The first-order valence-corrected chi connectivity index (χ1v) is 6.29. The van der Waals surface area contributed by atoms with Gasteiger partial charge in [0.25, 0.3) is 0 Å². The van der Waals surface area contributed by atoms with Crippen molar-refractivity contribution >= 4 is 28.5 Å². The highest BCUT2D eigenvalue weighted by molar-refractivity contribution is 7.81. The smallest absolute Gasteiger partial charge is 0.116 e. The van der Waals surface area contributed by atoms with Gasteiger partial charge in [-0.05, 0) is 20.0 Å². The zero-order valence-corrected chi connectivity index (χ0v) is 11.0.